The number of hydrogen-bond acceptors (Lipinski definition) is 3. The number of carboxylic acids is 1. The maximum absolute atomic E-state index is 10.9. The van der Waals surface area contributed by atoms with E-state index in [-0.39, 0.29) is 0 Å². The first kappa shape index (κ1) is 16.4. The number of nitrogens with one attached hydrogen (secondary N) is 1. The minimum absolute atomic E-state index is 0.467. The molecular weight excluding hydrogens is 218 g/mol. The molecule has 1 atom stereocenters. The van der Waals surface area contributed by atoms with Gasteiger partial charge in [0.25, 0.3) is 0 Å². The van der Waals surface area contributed by atoms with Gasteiger partial charge in [-0.3, -0.25) is 4.79 Å². The van der Waals surface area contributed by atoms with E-state index in [1.54, 1.807) is 0 Å². The van der Waals surface area contributed by atoms with Gasteiger partial charge in [-0.2, -0.15) is 0 Å². The van der Waals surface area contributed by atoms with Crippen molar-refractivity contribution in [3.05, 3.63) is 0 Å². The molecule has 0 heterocycles. The Balaban J connectivity index is 3.44. The Morgan fingerprint density at radius 2 is 1.94 bits per heavy atom. The fourth-order valence-corrected chi connectivity index (χ4v) is 1.57. The third kappa shape index (κ3) is 10.3. The van der Waals surface area contributed by atoms with Crippen LogP contribution in [0.15, 0.2) is 0 Å². The van der Waals surface area contributed by atoms with Gasteiger partial charge in [0.2, 0.25) is 0 Å². The number of carboxylic acid groups (broad SMARTS) is 1. The zero-order valence-electron chi connectivity index (χ0n) is 11.2. The van der Waals surface area contributed by atoms with E-state index >= 15 is 0 Å². The number of ether oxygens (including phenoxy) is 1. The van der Waals surface area contributed by atoms with E-state index in [1.165, 1.54) is 19.3 Å². The molecule has 0 radical (unpaired) electrons. The van der Waals surface area contributed by atoms with E-state index in [0.29, 0.717) is 13.0 Å². The molecule has 0 aliphatic carbocycles. The molecule has 0 aromatic rings. The highest BCUT2D eigenvalue weighted by atomic mass is 16.5. The van der Waals surface area contributed by atoms with Gasteiger partial charge in [0.05, 0.1) is 0 Å². The summed E-state index contributed by atoms with van der Waals surface area (Å²) in [5, 5.41) is 12.0. The standard InChI is InChI=1S/C13H27NO3/c1-3-5-6-7-10-17-11-8-12(13(15)16)14-9-4-2/h12,14H,3-11H2,1-2H3,(H,15,16). The van der Waals surface area contributed by atoms with Crippen molar-refractivity contribution < 1.29 is 14.6 Å². The highest BCUT2D eigenvalue weighted by Crippen LogP contribution is 2.00. The van der Waals surface area contributed by atoms with Gasteiger partial charge in [-0.25, -0.2) is 0 Å². The Kier molecular flexibility index (Phi) is 11.4. The quantitative estimate of drug-likeness (QED) is 0.518. The average molecular weight is 245 g/mol. The second-order valence-electron chi connectivity index (χ2n) is 4.31. The molecule has 0 saturated heterocycles. The molecule has 0 aromatic carbocycles. The zero-order chi connectivity index (χ0) is 12.9. The van der Waals surface area contributed by atoms with Crippen LogP contribution in [-0.4, -0.2) is 36.9 Å². The van der Waals surface area contributed by atoms with Crippen molar-refractivity contribution in [2.24, 2.45) is 0 Å². The summed E-state index contributed by atoms with van der Waals surface area (Å²) >= 11 is 0. The van der Waals surface area contributed by atoms with Gasteiger partial charge < -0.3 is 15.2 Å². The van der Waals surface area contributed by atoms with E-state index in [0.717, 1.165) is 26.0 Å². The first-order chi connectivity index (χ1) is 8.22. The monoisotopic (exact) mass is 245 g/mol. The molecule has 102 valence electrons. The summed E-state index contributed by atoms with van der Waals surface area (Å²) in [6.45, 7) is 6.22. The van der Waals surface area contributed by atoms with Crippen LogP contribution in [-0.2, 0) is 9.53 Å². The molecule has 0 bridgehead atoms. The fourth-order valence-electron chi connectivity index (χ4n) is 1.57. The van der Waals surface area contributed by atoms with Gasteiger partial charge in [0.15, 0.2) is 0 Å². The predicted molar refractivity (Wildman–Crippen MR) is 69.3 cm³/mol. The van der Waals surface area contributed by atoms with Crippen LogP contribution in [0.25, 0.3) is 0 Å². The summed E-state index contributed by atoms with van der Waals surface area (Å²) in [6, 6.07) is -0.467. The summed E-state index contributed by atoms with van der Waals surface area (Å²) in [4.78, 5) is 10.9. The molecule has 17 heavy (non-hydrogen) atoms. The molecule has 0 rings (SSSR count). The largest absolute Gasteiger partial charge is 0.480 e. The van der Waals surface area contributed by atoms with Gasteiger partial charge >= 0.3 is 5.97 Å². The van der Waals surface area contributed by atoms with Crippen molar-refractivity contribution in [1.29, 1.82) is 0 Å². The van der Waals surface area contributed by atoms with Gasteiger partial charge in [0.1, 0.15) is 6.04 Å². The van der Waals surface area contributed by atoms with Crippen molar-refractivity contribution >= 4 is 5.97 Å². The van der Waals surface area contributed by atoms with Crippen LogP contribution >= 0.6 is 0 Å². The van der Waals surface area contributed by atoms with Crippen LogP contribution in [0.4, 0.5) is 0 Å². The summed E-state index contributed by atoms with van der Waals surface area (Å²) < 4.78 is 5.44. The lowest BCUT2D eigenvalue weighted by Crippen LogP contribution is -2.38. The molecule has 0 saturated carbocycles. The third-order valence-electron chi connectivity index (χ3n) is 2.63. The lowest BCUT2D eigenvalue weighted by atomic mass is 10.2. The van der Waals surface area contributed by atoms with Gasteiger partial charge in [0, 0.05) is 13.2 Å². The van der Waals surface area contributed by atoms with Crippen LogP contribution < -0.4 is 5.32 Å². The molecular formula is C13H27NO3. The minimum Gasteiger partial charge on any atom is -0.480 e. The summed E-state index contributed by atoms with van der Waals surface area (Å²) in [5.74, 6) is -0.784. The third-order valence-corrected chi connectivity index (χ3v) is 2.63. The molecule has 0 amide bonds. The highest BCUT2D eigenvalue weighted by Gasteiger charge is 2.15. The van der Waals surface area contributed by atoms with Crippen molar-refractivity contribution in [3.63, 3.8) is 0 Å². The van der Waals surface area contributed by atoms with Crippen molar-refractivity contribution in [2.75, 3.05) is 19.8 Å². The van der Waals surface area contributed by atoms with E-state index in [9.17, 15) is 4.79 Å². The van der Waals surface area contributed by atoms with E-state index in [1.807, 2.05) is 6.92 Å². The Morgan fingerprint density at radius 1 is 1.18 bits per heavy atom. The number of carbonyl (C=O) groups is 1. The number of hydrogen-bond donors (Lipinski definition) is 2. The van der Waals surface area contributed by atoms with Crippen LogP contribution in [0.1, 0.15) is 52.4 Å². The zero-order valence-corrected chi connectivity index (χ0v) is 11.2. The predicted octanol–water partition coefficient (Wildman–Crippen LogP) is 2.43. The molecule has 4 nitrogen and oxygen atoms in total. The number of rotatable bonds is 12. The van der Waals surface area contributed by atoms with Crippen molar-refractivity contribution in [1.82, 2.24) is 5.32 Å². The average Bonchev–Trinajstić information content (AvgIpc) is 2.31. The van der Waals surface area contributed by atoms with Gasteiger partial charge in [-0.15, -0.1) is 0 Å². The maximum Gasteiger partial charge on any atom is 0.320 e. The number of aliphatic carboxylic acids is 1. The fraction of sp³-hybridized carbons (Fsp3) is 0.923. The van der Waals surface area contributed by atoms with Gasteiger partial charge in [-0.05, 0) is 25.8 Å². The molecule has 0 spiro atoms. The normalized spacial score (nSPS) is 12.6. The molecule has 0 aliphatic rings. The summed E-state index contributed by atoms with van der Waals surface area (Å²) in [5.41, 5.74) is 0. The molecule has 2 N–H and O–H groups in total. The van der Waals surface area contributed by atoms with Crippen LogP contribution in [0.5, 0.6) is 0 Å². The van der Waals surface area contributed by atoms with E-state index < -0.39 is 12.0 Å². The lowest BCUT2D eigenvalue weighted by molar-refractivity contribution is -0.140. The molecule has 1 unspecified atom stereocenters. The van der Waals surface area contributed by atoms with Crippen LogP contribution in [0.3, 0.4) is 0 Å². The highest BCUT2D eigenvalue weighted by molar-refractivity contribution is 5.73. The second kappa shape index (κ2) is 11.9. The topological polar surface area (TPSA) is 58.6 Å². The van der Waals surface area contributed by atoms with Crippen molar-refractivity contribution in [2.45, 2.75) is 58.4 Å². The van der Waals surface area contributed by atoms with E-state index in [4.69, 9.17) is 9.84 Å². The molecule has 4 heteroatoms. The van der Waals surface area contributed by atoms with Gasteiger partial charge in [-0.1, -0.05) is 33.1 Å². The SMILES string of the molecule is CCCCCCOCCC(NCCC)C(=O)O. The lowest BCUT2D eigenvalue weighted by Gasteiger charge is -2.13. The summed E-state index contributed by atoms with van der Waals surface area (Å²) in [7, 11) is 0. The first-order valence-corrected chi connectivity index (χ1v) is 6.76. The Hall–Kier alpha value is -0.610. The summed E-state index contributed by atoms with van der Waals surface area (Å²) in [6.07, 6.45) is 6.24. The Morgan fingerprint density at radius 3 is 2.53 bits per heavy atom. The smallest absolute Gasteiger partial charge is 0.320 e. The Bertz CT molecular complexity index is 186. The van der Waals surface area contributed by atoms with Crippen LogP contribution in [0, 0.1) is 0 Å². The molecule has 0 fully saturated rings. The second-order valence-corrected chi connectivity index (χ2v) is 4.31. The maximum atomic E-state index is 10.9. The molecule has 0 aromatic heterocycles. The Labute approximate surface area is 105 Å². The van der Waals surface area contributed by atoms with Crippen LogP contribution in [0.2, 0.25) is 0 Å². The minimum atomic E-state index is -0.784. The number of unbranched alkanes of at least 4 members (excludes halogenated alkanes) is 3. The first-order valence-electron chi connectivity index (χ1n) is 6.76. The van der Waals surface area contributed by atoms with E-state index in [2.05, 4.69) is 12.2 Å². The molecule has 0 aliphatic heterocycles. The van der Waals surface area contributed by atoms with Crippen molar-refractivity contribution in [3.8, 4) is 0 Å².